The van der Waals surface area contributed by atoms with Gasteiger partial charge in [0.2, 0.25) is 5.95 Å². The maximum atomic E-state index is 6.03. The van der Waals surface area contributed by atoms with Crippen molar-refractivity contribution in [3.8, 4) is 5.75 Å². The summed E-state index contributed by atoms with van der Waals surface area (Å²) in [5.74, 6) is 1.66. The second kappa shape index (κ2) is 7.27. The zero-order valence-corrected chi connectivity index (χ0v) is 14.1. The van der Waals surface area contributed by atoms with Gasteiger partial charge in [-0.3, -0.25) is 4.84 Å². The number of ether oxygens (including phenoxy) is 1. The van der Waals surface area contributed by atoms with Crippen LogP contribution in [-0.4, -0.2) is 34.9 Å². The van der Waals surface area contributed by atoms with Crippen molar-refractivity contribution < 1.29 is 9.57 Å². The molecule has 24 heavy (non-hydrogen) atoms. The van der Waals surface area contributed by atoms with Crippen molar-refractivity contribution in [2.45, 2.75) is 6.54 Å². The molecule has 1 aliphatic rings. The number of anilines is 3. The lowest BCUT2D eigenvalue weighted by Gasteiger charge is -2.28. The van der Waals surface area contributed by atoms with Gasteiger partial charge >= 0.3 is 0 Å². The number of halogens is 2. The third-order valence-electron chi connectivity index (χ3n) is 3.32. The molecule has 3 rings (SSSR count). The Kier molecular flexibility index (Phi) is 5.10. The predicted octanol–water partition coefficient (Wildman–Crippen LogP) is 2.14. The van der Waals surface area contributed by atoms with Crippen LogP contribution in [0.25, 0.3) is 0 Å². The highest BCUT2D eigenvalue weighted by Crippen LogP contribution is 2.28. The minimum atomic E-state index is 0.140. The van der Waals surface area contributed by atoms with Crippen molar-refractivity contribution in [3.63, 3.8) is 0 Å². The molecule has 1 aliphatic heterocycles. The monoisotopic (exact) mass is 370 g/mol. The molecule has 0 bridgehead atoms. The molecule has 0 aliphatic carbocycles. The molecule has 0 atom stereocenters. The lowest BCUT2D eigenvalue weighted by Crippen LogP contribution is -2.36. The predicted molar refractivity (Wildman–Crippen MR) is 92.8 cm³/mol. The van der Waals surface area contributed by atoms with Gasteiger partial charge in [-0.15, -0.1) is 0 Å². The Hall–Kier alpha value is -2.00. The largest absolute Gasteiger partial charge is 0.490 e. The van der Waals surface area contributed by atoms with Crippen molar-refractivity contribution in [2.75, 3.05) is 36.7 Å². The van der Waals surface area contributed by atoms with Crippen LogP contribution in [0.1, 0.15) is 5.56 Å². The normalized spacial score (nSPS) is 14.1. The summed E-state index contributed by atoms with van der Waals surface area (Å²) in [6.45, 7) is 1.57. The zero-order valence-electron chi connectivity index (χ0n) is 12.6. The number of aromatic nitrogens is 2. The van der Waals surface area contributed by atoms with E-state index < -0.39 is 0 Å². The molecule has 0 radical (unpaired) electrons. The van der Waals surface area contributed by atoms with E-state index in [2.05, 4.69) is 15.3 Å². The Morgan fingerprint density at radius 3 is 2.83 bits per heavy atom. The fourth-order valence-corrected chi connectivity index (χ4v) is 2.68. The first kappa shape index (κ1) is 16.8. The number of nitrogen functional groups attached to an aromatic ring is 2. The van der Waals surface area contributed by atoms with Crippen LogP contribution in [-0.2, 0) is 11.4 Å². The molecule has 0 saturated carbocycles. The molecule has 0 amide bonds. The topological polar surface area (TPSA) is 112 Å². The van der Waals surface area contributed by atoms with Gasteiger partial charge in [-0.1, -0.05) is 23.2 Å². The van der Waals surface area contributed by atoms with Gasteiger partial charge in [-0.2, -0.15) is 15.0 Å². The molecule has 0 unspecified atom stereocenters. The summed E-state index contributed by atoms with van der Waals surface area (Å²) in [5, 5.41) is 5.80. The molecule has 8 nitrogen and oxygen atoms in total. The van der Waals surface area contributed by atoms with Gasteiger partial charge in [0.15, 0.2) is 0 Å². The Morgan fingerprint density at radius 1 is 1.21 bits per heavy atom. The molecular weight excluding hydrogens is 355 g/mol. The second-order valence-corrected chi connectivity index (χ2v) is 5.87. The van der Waals surface area contributed by atoms with Crippen LogP contribution in [0.15, 0.2) is 18.2 Å². The molecule has 2 heterocycles. The highest BCUT2D eigenvalue weighted by molar-refractivity contribution is 6.35. The van der Waals surface area contributed by atoms with Crippen molar-refractivity contribution >= 4 is 40.8 Å². The van der Waals surface area contributed by atoms with E-state index in [1.165, 1.54) is 0 Å². The van der Waals surface area contributed by atoms with Gasteiger partial charge in [0, 0.05) is 5.02 Å². The molecule has 1 aromatic carbocycles. The number of hydrogen-bond donors (Lipinski definition) is 3. The Balaban J connectivity index is 1.49. The van der Waals surface area contributed by atoms with E-state index >= 15 is 0 Å². The van der Waals surface area contributed by atoms with Crippen molar-refractivity contribution in [1.29, 1.82) is 0 Å². The van der Waals surface area contributed by atoms with Crippen LogP contribution in [0.4, 0.5) is 17.6 Å². The minimum absolute atomic E-state index is 0.140. The summed E-state index contributed by atoms with van der Waals surface area (Å²) in [6.07, 6.45) is 0. The van der Waals surface area contributed by atoms with Crippen LogP contribution in [0.3, 0.4) is 0 Å². The highest BCUT2D eigenvalue weighted by Gasteiger charge is 2.21. The SMILES string of the molecule is Nc1nc(N)c2c(n1)NCN(OCCOc1ccc(Cl)cc1Cl)C2. The Labute approximate surface area is 148 Å². The first-order chi connectivity index (χ1) is 11.5. The summed E-state index contributed by atoms with van der Waals surface area (Å²) in [7, 11) is 0. The number of nitrogens with one attached hydrogen (secondary N) is 1. The van der Waals surface area contributed by atoms with E-state index in [1.54, 1.807) is 23.3 Å². The maximum Gasteiger partial charge on any atom is 0.223 e. The van der Waals surface area contributed by atoms with Gasteiger partial charge in [-0.05, 0) is 18.2 Å². The fraction of sp³-hybridized carbons (Fsp3) is 0.286. The maximum absolute atomic E-state index is 6.03. The number of rotatable bonds is 5. The van der Waals surface area contributed by atoms with Crippen LogP contribution < -0.4 is 21.5 Å². The smallest absolute Gasteiger partial charge is 0.223 e. The van der Waals surface area contributed by atoms with Crippen molar-refractivity contribution in [2.24, 2.45) is 0 Å². The van der Waals surface area contributed by atoms with E-state index in [-0.39, 0.29) is 5.95 Å². The van der Waals surface area contributed by atoms with E-state index in [1.807, 2.05) is 0 Å². The number of benzene rings is 1. The summed E-state index contributed by atoms with van der Waals surface area (Å²) in [4.78, 5) is 13.7. The number of fused-ring (bicyclic) bond motifs is 1. The average molecular weight is 371 g/mol. The highest BCUT2D eigenvalue weighted by atomic mass is 35.5. The first-order valence-corrected chi connectivity index (χ1v) is 7.90. The third kappa shape index (κ3) is 3.90. The van der Waals surface area contributed by atoms with Gasteiger partial charge in [0.05, 0.1) is 23.8 Å². The van der Waals surface area contributed by atoms with Crippen LogP contribution in [0.5, 0.6) is 5.75 Å². The standard InChI is InChI=1S/C14H16Cl2N6O2/c15-8-1-2-11(10(16)5-8)23-3-4-24-22-6-9-12(17)20-14(18)21-13(9)19-7-22/h1-2,5H,3-4,6-7H2,(H5,17,18,19,20,21). The van der Waals surface area contributed by atoms with E-state index in [4.69, 9.17) is 44.2 Å². The minimum Gasteiger partial charge on any atom is -0.490 e. The molecule has 2 aromatic rings. The summed E-state index contributed by atoms with van der Waals surface area (Å²) < 4.78 is 5.56. The number of nitrogens with two attached hydrogens (primary N) is 2. The third-order valence-corrected chi connectivity index (χ3v) is 3.85. The van der Waals surface area contributed by atoms with E-state index in [0.717, 1.165) is 5.56 Å². The Morgan fingerprint density at radius 2 is 2.04 bits per heavy atom. The van der Waals surface area contributed by atoms with E-state index in [0.29, 0.717) is 53.9 Å². The first-order valence-electron chi connectivity index (χ1n) is 7.14. The molecule has 5 N–H and O–H groups in total. The lowest BCUT2D eigenvalue weighted by molar-refractivity contribution is -0.169. The zero-order chi connectivity index (χ0) is 17.1. The number of nitrogens with zero attached hydrogens (tertiary/aromatic N) is 3. The lowest BCUT2D eigenvalue weighted by atomic mass is 10.2. The fourth-order valence-electron chi connectivity index (χ4n) is 2.22. The molecule has 0 fully saturated rings. The molecular formula is C14H16Cl2N6O2. The van der Waals surface area contributed by atoms with Gasteiger partial charge in [-0.25, -0.2) is 0 Å². The average Bonchev–Trinajstić information content (AvgIpc) is 2.53. The van der Waals surface area contributed by atoms with Crippen molar-refractivity contribution in [3.05, 3.63) is 33.8 Å². The van der Waals surface area contributed by atoms with Crippen LogP contribution >= 0.6 is 23.2 Å². The van der Waals surface area contributed by atoms with Crippen molar-refractivity contribution in [1.82, 2.24) is 15.0 Å². The molecule has 10 heteroatoms. The number of hydroxylamine groups is 2. The van der Waals surface area contributed by atoms with Gasteiger partial charge in [0.1, 0.15) is 30.6 Å². The summed E-state index contributed by atoms with van der Waals surface area (Å²) >= 11 is 11.9. The summed E-state index contributed by atoms with van der Waals surface area (Å²) in [5.41, 5.74) is 12.2. The van der Waals surface area contributed by atoms with Crippen LogP contribution in [0, 0.1) is 0 Å². The van der Waals surface area contributed by atoms with Gasteiger partial charge in [0.25, 0.3) is 0 Å². The molecule has 1 aromatic heterocycles. The Bertz CT molecular complexity index is 745. The second-order valence-electron chi connectivity index (χ2n) is 5.03. The molecule has 0 spiro atoms. The summed E-state index contributed by atoms with van der Waals surface area (Å²) in [6, 6.07) is 5.05. The van der Waals surface area contributed by atoms with E-state index in [9.17, 15) is 0 Å². The van der Waals surface area contributed by atoms with Gasteiger partial charge < -0.3 is 21.5 Å². The number of hydrogen-bond acceptors (Lipinski definition) is 8. The molecule has 0 saturated heterocycles. The quantitative estimate of drug-likeness (QED) is 0.686. The molecule has 128 valence electrons. The van der Waals surface area contributed by atoms with Crippen LogP contribution in [0.2, 0.25) is 10.0 Å².